The number of unbranched alkanes of at least 4 members (excludes halogenated alkanes) is 2. The number of ether oxygens (including phenoxy) is 1. The summed E-state index contributed by atoms with van der Waals surface area (Å²) in [7, 11) is 1.86. The highest BCUT2D eigenvalue weighted by Gasteiger charge is 2.10. The van der Waals surface area contributed by atoms with Gasteiger partial charge in [-0.25, -0.2) is 0 Å². The van der Waals surface area contributed by atoms with Crippen LogP contribution in [-0.2, 0) is 0 Å². The molecule has 0 saturated heterocycles. The quantitative estimate of drug-likeness (QED) is 0.291. The van der Waals surface area contributed by atoms with Crippen LogP contribution in [0.15, 0.2) is 64.7 Å². The van der Waals surface area contributed by atoms with Crippen LogP contribution in [0.1, 0.15) is 64.4 Å². The Kier molecular flexibility index (Phi) is 8.95. The first-order valence-corrected chi connectivity index (χ1v) is 9.98. The Balaban J connectivity index is 2.18. The van der Waals surface area contributed by atoms with Crippen molar-refractivity contribution in [3.05, 3.63) is 65.3 Å². The molecular weight excluding hydrogens is 318 g/mol. The van der Waals surface area contributed by atoms with Gasteiger partial charge in [-0.1, -0.05) is 50.1 Å². The summed E-state index contributed by atoms with van der Waals surface area (Å²) in [4.78, 5) is 4.56. The molecule has 0 amide bonds. The molecule has 0 radical (unpaired) electrons. The third kappa shape index (κ3) is 6.33. The van der Waals surface area contributed by atoms with Crippen LogP contribution in [0.4, 0.5) is 0 Å². The summed E-state index contributed by atoms with van der Waals surface area (Å²) >= 11 is 0. The molecule has 0 saturated carbocycles. The number of rotatable bonds is 8. The van der Waals surface area contributed by atoms with Crippen molar-refractivity contribution in [2.75, 3.05) is 13.7 Å². The highest BCUT2D eigenvalue weighted by Crippen LogP contribution is 2.24. The number of benzene rings is 1. The van der Waals surface area contributed by atoms with Crippen LogP contribution in [0.2, 0.25) is 0 Å². The van der Waals surface area contributed by atoms with E-state index in [1.54, 1.807) is 0 Å². The second kappa shape index (κ2) is 11.5. The molecule has 2 heteroatoms. The van der Waals surface area contributed by atoms with Gasteiger partial charge in [0.25, 0.3) is 0 Å². The Bertz CT molecular complexity index is 679. The smallest absolute Gasteiger partial charge is 0.128 e. The summed E-state index contributed by atoms with van der Waals surface area (Å²) in [5.41, 5.74) is 4.82. The lowest BCUT2D eigenvalue weighted by Gasteiger charge is -2.14. The van der Waals surface area contributed by atoms with Crippen LogP contribution >= 0.6 is 0 Å². The van der Waals surface area contributed by atoms with Crippen molar-refractivity contribution in [3.63, 3.8) is 0 Å². The van der Waals surface area contributed by atoms with Gasteiger partial charge in [-0.15, -0.1) is 0 Å². The van der Waals surface area contributed by atoms with Crippen molar-refractivity contribution in [2.24, 2.45) is 4.99 Å². The van der Waals surface area contributed by atoms with E-state index < -0.39 is 0 Å². The van der Waals surface area contributed by atoms with Gasteiger partial charge in [-0.2, -0.15) is 0 Å². The highest BCUT2D eigenvalue weighted by atomic mass is 16.5. The summed E-state index contributed by atoms with van der Waals surface area (Å²) in [6.07, 6.45) is 17.2. The van der Waals surface area contributed by atoms with E-state index in [4.69, 9.17) is 4.74 Å². The van der Waals surface area contributed by atoms with E-state index in [1.165, 1.54) is 36.8 Å². The molecule has 2 rings (SSSR count). The maximum atomic E-state index is 6.05. The molecule has 0 atom stereocenters. The number of hydrogen-bond donors (Lipinski definition) is 0. The molecule has 0 fully saturated rings. The Morgan fingerprint density at radius 2 is 2.04 bits per heavy atom. The van der Waals surface area contributed by atoms with Crippen LogP contribution in [0.5, 0.6) is 5.75 Å². The molecule has 1 aromatic carbocycles. The van der Waals surface area contributed by atoms with Crippen LogP contribution < -0.4 is 4.74 Å². The molecule has 0 unspecified atom stereocenters. The largest absolute Gasteiger partial charge is 0.493 e. The maximum absolute atomic E-state index is 6.05. The molecular formula is C24H33NO. The number of hydrogen-bond acceptors (Lipinski definition) is 2. The maximum Gasteiger partial charge on any atom is 0.128 e. The molecule has 1 aromatic rings. The molecule has 0 aromatic heterocycles. The van der Waals surface area contributed by atoms with Crippen LogP contribution in [0.3, 0.4) is 0 Å². The first kappa shape index (κ1) is 20.2. The van der Waals surface area contributed by atoms with E-state index in [-0.39, 0.29) is 0 Å². The third-order valence-corrected chi connectivity index (χ3v) is 4.75. The number of para-hydroxylation sites is 1. The minimum absolute atomic E-state index is 0.766. The summed E-state index contributed by atoms with van der Waals surface area (Å²) in [6.45, 7) is 5.18. The van der Waals surface area contributed by atoms with Gasteiger partial charge in [0, 0.05) is 12.6 Å². The average molecular weight is 352 g/mol. The molecule has 0 spiro atoms. The van der Waals surface area contributed by atoms with E-state index in [1.807, 2.05) is 13.1 Å². The van der Waals surface area contributed by atoms with Gasteiger partial charge >= 0.3 is 0 Å². The molecule has 26 heavy (non-hydrogen) atoms. The molecule has 2 nitrogen and oxygen atoms in total. The average Bonchev–Trinajstić information content (AvgIpc) is 2.63. The zero-order valence-electron chi connectivity index (χ0n) is 16.6. The van der Waals surface area contributed by atoms with Gasteiger partial charge in [0.1, 0.15) is 5.75 Å². The molecule has 0 N–H and O–H groups in total. The number of aliphatic imine (C=N–C) groups is 1. The van der Waals surface area contributed by atoms with Crippen molar-refractivity contribution in [1.82, 2.24) is 0 Å². The molecule has 0 heterocycles. The number of nitrogens with zero attached hydrogens (tertiary/aromatic N) is 1. The Morgan fingerprint density at radius 3 is 2.85 bits per heavy atom. The highest BCUT2D eigenvalue weighted by molar-refractivity contribution is 6.11. The van der Waals surface area contributed by atoms with E-state index in [0.29, 0.717) is 0 Å². The van der Waals surface area contributed by atoms with Crippen LogP contribution in [-0.4, -0.2) is 19.4 Å². The van der Waals surface area contributed by atoms with Gasteiger partial charge in [0.2, 0.25) is 0 Å². The first-order valence-electron chi connectivity index (χ1n) is 9.98. The fraction of sp³-hybridized carbons (Fsp3) is 0.458. The Morgan fingerprint density at radius 1 is 1.19 bits per heavy atom. The van der Waals surface area contributed by atoms with Crippen LogP contribution in [0.25, 0.3) is 0 Å². The normalized spacial score (nSPS) is 19.3. The molecule has 0 bridgehead atoms. The van der Waals surface area contributed by atoms with Gasteiger partial charge in [0.15, 0.2) is 0 Å². The fourth-order valence-electron chi connectivity index (χ4n) is 3.19. The predicted octanol–water partition coefficient (Wildman–Crippen LogP) is 6.68. The second-order valence-electron chi connectivity index (χ2n) is 6.82. The Labute approximate surface area is 159 Å². The third-order valence-electron chi connectivity index (χ3n) is 4.75. The van der Waals surface area contributed by atoms with Crippen molar-refractivity contribution >= 4 is 5.71 Å². The van der Waals surface area contributed by atoms with Gasteiger partial charge in [-0.05, 0) is 68.4 Å². The van der Waals surface area contributed by atoms with Crippen molar-refractivity contribution in [2.45, 2.75) is 58.8 Å². The van der Waals surface area contributed by atoms with E-state index >= 15 is 0 Å². The minimum Gasteiger partial charge on any atom is -0.493 e. The lowest BCUT2D eigenvalue weighted by atomic mass is 9.96. The lowest BCUT2D eigenvalue weighted by molar-refractivity contribution is 0.306. The monoisotopic (exact) mass is 351 g/mol. The van der Waals surface area contributed by atoms with E-state index in [0.717, 1.165) is 42.9 Å². The van der Waals surface area contributed by atoms with Gasteiger partial charge < -0.3 is 4.74 Å². The van der Waals surface area contributed by atoms with E-state index in [9.17, 15) is 0 Å². The standard InChI is InChI=1S/C24H33NO/c1-4-5-13-18-26-24-17-12-11-16-22(24)23(25-3)19-20(2)21-14-9-7-6-8-10-15-21/h6-7,11-12,14,16-17,19H,4-5,8-10,13,15,18H2,1-3H3/b7-6-,20-19+,21-14+,25-23+. The zero-order chi connectivity index (χ0) is 18.6. The molecule has 1 aliphatic rings. The number of allylic oxidation sites excluding steroid dienone is 6. The van der Waals surface area contributed by atoms with Gasteiger partial charge in [-0.3, -0.25) is 4.99 Å². The lowest BCUT2D eigenvalue weighted by Crippen LogP contribution is -2.05. The predicted molar refractivity (Wildman–Crippen MR) is 113 cm³/mol. The topological polar surface area (TPSA) is 21.6 Å². The first-order chi connectivity index (χ1) is 12.8. The molecule has 140 valence electrons. The van der Waals surface area contributed by atoms with Crippen molar-refractivity contribution < 1.29 is 4.74 Å². The summed E-state index contributed by atoms with van der Waals surface area (Å²) in [6, 6.07) is 8.25. The van der Waals surface area contributed by atoms with Crippen LogP contribution in [0, 0.1) is 0 Å². The summed E-state index contributed by atoms with van der Waals surface area (Å²) in [5, 5.41) is 0. The summed E-state index contributed by atoms with van der Waals surface area (Å²) in [5.74, 6) is 0.933. The second-order valence-corrected chi connectivity index (χ2v) is 6.82. The summed E-state index contributed by atoms with van der Waals surface area (Å²) < 4.78 is 6.05. The van der Waals surface area contributed by atoms with Crippen molar-refractivity contribution in [1.29, 1.82) is 0 Å². The van der Waals surface area contributed by atoms with Crippen molar-refractivity contribution in [3.8, 4) is 5.75 Å². The molecule has 1 aliphatic carbocycles. The SMILES string of the molecule is CCCCCOc1ccccc1C(/C=C(C)/C1=C/C/C=C\CCC1)=N/C. The fourth-order valence-corrected chi connectivity index (χ4v) is 3.19. The zero-order valence-corrected chi connectivity index (χ0v) is 16.6. The minimum atomic E-state index is 0.766. The van der Waals surface area contributed by atoms with E-state index in [2.05, 4.69) is 61.3 Å². The van der Waals surface area contributed by atoms with Gasteiger partial charge in [0.05, 0.1) is 12.3 Å². The Hall–Kier alpha value is -2.09. The molecule has 0 aliphatic heterocycles.